The van der Waals surface area contributed by atoms with Crippen LogP contribution in [0.25, 0.3) is 0 Å². The second-order valence-corrected chi connectivity index (χ2v) is 2.93. The summed E-state index contributed by atoms with van der Waals surface area (Å²) in [5.74, 6) is 0. The fraction of sp³-hybridized carbons (Fsp3) is 0.333. The highest BCUT2D eigenvalue weighted by atomic mass is 16.6. The van der Waals surface area contributed by atoms with Crippen molar-refractivity contribution in [2.24, 2.45) is 0 Å². The van der Waals surface area contributed by atoms with E-state index in [0.717, 1.165) is 0 Å². The first kappa shape index (κ1) is 5.93. The Morgan fingerprint density at radius 3 is 3.20 bits per heavy atom. The molecule has 0 amide bonds. The van der Waals surface area contributed by atoms with Crippen molar-refractivity contribution in [2.45, 2.75) is 18.6 Å². The Bertz CT molecular complexity index is 237. The molecule has 1 heterocycles. The molecule has 0 N–H and O–H groups in total. The van der Waals surface area contributed by atoms with Gasteiger partial charge in [0, 0.05) is 0 Å². The van der Waals surface area contributed by atoms with E-state index in [9.17, 15) is 0 Å². The van der Waals surface area contributed by atoms with Crippen LogP contribution in [0.4, 0.5) is 0 Å². The van der Waals surface area contributed by atoms with Gasteiger partial charge in [0.05, 0.1) is 0 Å². The lowest BCUT2D eigenvalue weighted by atomic mass is 9.99. The van der Waals surface area contributed by atoms with Crippen molar-refractivity contribution in [1.82, 2.24) is 0 Å². The lowest BCUT2D eigenvalue weighted by Crippen LogP contribution is -2.06. The van der Waals surface area contributed by atoms with E-state index in [0.29, 0.717) is 6.10 Å². The first-order valence-electron chi connectivity index (χ1n) is 3.46. The molecule has 1 saturated heterocycles. The number of fused-ring (bicyclic) bond motifs is 1. The summed E-state index contributed by atoms with van der Waals surface area (Å²) in [6.45, 7) is 5.77. The predicted octanol–water partition coefficient (Wildman–Crippen LogP) is 1.83. The minimum absolute atomic E-state index is 0.0203. The monoisotopic (exact) mass is 134 g/mol. The van der Waals surface area contributed by atoms with E-state index in [1.807, 2.05) is 6.08 Å². The summed E-state index contributed by atoms with van der Waals surface area (Å²) in [7, 11) is 0. The van der Waals surface area contributed by atoms with Gasteiger partial charge >= 0.3 is 0 Å². The zero-order chi connectivity index (χ0) is 7.19. The van der Waals surface area contributed by atoms with Crippen LogP contribution in [0.2, 0.25) is 0 Å². The van der Waals surface area contributed by atoms with Gasteiger partial charge in [0.2, 0.25) is 0 Å². The third-order valence-electron chi connectivity index (χ3n) is 2.07. The lowest BCUT2D eigenvalue weighted by Gasteiger charge is -2.02. The van der Waals surface area contributed by atoms with Gasteiger partial charge in [0.25, 0.3) is 0 Å². The minimum Gasteiger partial charge on any atom is -0.357 e. The van der Waals surface area contributed by atoms with Crippen LogP contribution >= 0.6 is 0 Å². The second kappa shape index (κ2) is 1.61. The van der Waals surface area contributed by atoms with Gasteiger partial charge in [0.15, 0.2) is 0 Å². The maximum Gasteiger partial charge on any atom is 0.114 e. The summed E-state index contributed by atoms with van der Waals surface area (Å²) in [6.07, 6.45) is 8.40. The van der Waals surface area contributed by atoms with Crippen LogP contribution in [0, 0.1) is 0 Å². The highest BCUT2D eigenvalue weighted by Crippen LogP contribution is 2.41. The number of epoxide rings is 1. The Morgan fingerprint density at radius 2 is 2.60 bits per heavy atom. The van der Waals surface area contributed by atoms with E-state index in [-0.39, 0.29) is 5.60 Å². The van der Waals surface area contributed by atoms with Crippen LogP contribution in [0.1, 0.15) is 6.92 Å². The summed E-state index contributed by atoms with van der Waals surface area (Å²) >= 11 is 0. The van der Waals surface area contributed by atoms with Crippen LogP contribution in [-0.4, -0.2) is 11.7 Å². The smallest absolute Gasteiger partial charge is 0.114 e. The molecule has 10 heavy (non-hydrogen) atoms. The minimum atomic E-state index is 0.0203. The molecule has 1 heteroatoms. The number of allylic oxidation sites excluding steroid dienone is 3. The van der Waals surface area contributed by atoms with Gasteiger partial charge in [-0.3, -0.25) is 0 Å². The van der Waals surface area contributed by atoms with Gasteiger partial charge in [0.1, 0.15) is 11.7 Å². The molecule has 0 aromatic carbocycles. The Morgan fingerprint density at radius 1 is 1.80 bits per heavy atom. The number of hydrogen-bond donors (Lipinski definition) is 0. The highest BCUT2D eigenvalue weighted by Gasteiger charge is 2.49. The summed E-state index contributed by atoms with van der Waals surface area (Å²) < 4.78 is 5.39. The molecule has 2 aliphatic rings. The van der Waals surface area contributed by atoms with Crippen molar-refractivity contribution in [2.75, 3.05) is 0 Å². The normalized spacial score (nSPS) is 42.1. The van der Waals surface area contributed by atoms with Crippen LogP contribution < -0.4 is 0 Å². The molecule has 0 spiro atoms. The van der Waals surface area contributed by atoms with E-state index < -0.39 is 0 Å². The van der Waals surface area contributed by atoms with E-state index in [1.54, 1.807) is 0 Å². The zero-order valence-corrected chi connectivity index (χ0v) is 6.00. The number of hydrogen-bond acceptors (Lipinski definition) is 1. The van der Waals surface area contributed by atoms with Crippen LogP contribution in [0.5, 0.6) is 0 Å². The fourth-order valence-electron chi connectivity index (χ4n) is 1.20. The summed E-state index contributed by atoms with van der Waals surface area (Å²) in [4.78, 5) is 0. The molecule has 1 fully saturated rings. The first-order chi connectivity index (χ1) is 4.74. The summed E-state index contributed by atoms with van der Waals surface area (Å²) in [6, 6.07) is 0. The van der Waals surface area contributed by atoms with Crippen molar-refractivity contribution in [1.29, 1.82) is 0 Å². The van der Waals surface area contributed by atoms with Gasteiger partial charge < -0.3 is 4.74 Å². The highest BCUT2D eigenvalue weighted by molar-refractivity contribution is 5.41. The lowest BCUT2D eigenvalue weighted by molar-refractivity contribution is 0.357. The molecule has 0 aromatic rings. The molecule has 1 unspecified atom stereocenters. The fourth-order valence-corrected chi connectivity index (χ4v) is 1.20. The molecule has 1 aliphatic carbocycles. The molecular formula is C9H10O. The molecule has 2 rings (SSSR count). The van der Waals surface area contributed by atoms with Crippen LogP contribution in [0.3, 0.4) is 0 Å². The van der Waals surface area contributed by atoms with Crippen LogP contribution in [0.15, 0.2) is 36.5 Å². The Hall–Kier alpha value is -0.820. The van der Waals surface area contributed by atoms with E-state index in [4.69, 9.17) is 4.74 Å². The maximum atomic E-state index is 5.39. The molecular weight excluding hydrogens is 124 g/mol. The van der Waals surface area contributed by atoms with Crippen molar-refractivity contribution >= 4 is 0 Å². The molecule has 0 bridgehead atoms. The maximum absolute atomic E-state index is 5.39. The Balaban J connectivity index is 2.27. The summed E-state index contributed by atoms with van der Waals surface area (Å²) in [5, 5.41) is 0. The number of rotatable bonds is 1. The van der Waals surface area contributed by atoms with Gasteiger partial charge in [-0.1, -0.05) is 18.7 Å². The molecule has 1 aliphatic heterocycles. The van der Waals surface area contributed by atoms with E-state index >= 15 is 0 Å². The summed E-state index contributed by atoms with van der Waals surface area (Å²) in [5.41, 5.74) is 1.19. The molecule has 0 aromatic heterocycles. The molecule has 0 saturated carbocycles. The quantitative estimate of drug-likeness (QED) is 0.498. The predicted molar refractivity (Wildman–Crippen MR) is 40.7 cm³/mol. The zero-order valence-electron chi connectivity index (χ0n) is 6.00. The van der Waals surface area contributed by atoms with E-state index in [1.165, 1.54) is 5.57 Å². The third kappa shape index (κ3) is 0.673. The van der Waals surface area contributed by atoms with Crippen molar-refractivity contribution in [3.05, 3.63) is 36.5 Å². The average molecular weight is 134 g/mol. The SMILES string of the molecule is C=CC1=CC2O[C@@]2(C)C=C1. The molecule has 0 radical (unpaired) electrons. The Labute approximate surface area is 60.7 Å². The van der Waals surface area contributed by atoms with E-state index in [2.05, 4.69) is 31.7 Å². The van der Waals surface area contributed by atoms with Gasteiger partial charge in [-0.25, -0.2) is 0 Å². The third-order valence-corrected chi connectivity index (χ3v) is 2.07. The molecule has 1 nitrogen and oxygen atoms in total. The van der Waals surface area contributed by atoms with Gasteiger partial charge in [-0.2, -0.15) is 0 Å². The standard InChI is InChI=1S/C9H10O/c1-3-7-4-5-9(2)8(6-7)10-9/h3-6,8H,1H2,2H3/t8?,9-/m0/s1. The largest absolute Gasteiger partial charge is 0.357 e. The second-order valence-electron chi connectivity index (χ2n) is 2.93. The molecule has 52 valence electrons. The first-order valence-corrected chi connectivity index (χ1v) is 3.46. The topological polar surface area (TPSA) is 12.5 Å². The van der Waals surface area contributed by atoms with Crippen molar-refractivity contribution < 1.29 is 4.74 Å². The van der Waals surface area contributed by atoms with Crippen molar-refractivity contribution in [3.8, 4) is 0 Å². The van der Waals surface area contributed by atoms with Gasteiger partial charge in [-0.15, -0.1) is 0 Å². The number of ether oxygens (including phenoxy) is 1. The molecule has 2 atom stereocenters. The van der Waals surface area contributed by atoms with Crippen LogP contribution in [-0.2, 0) is 4.74 Å². The van der Waals surface area contributed by atoms with Crippen molar-refractivity contribution in [3.63, 3.8) is 0 Å². The van der Waals surface area contributed by atoms with Gasteiger partial charge in [-0.05, 0) is 24.6 Å². The Kier molecular flexibility index (Phi) is 0.955. The average Bonchev–Trinajstić information content (AvgIpc) is 2.59.